The Bertz CT molecular complexity index is 369. The molecule has 1 saturated heterocycles. The van der Waals surface area contributed by atoms with Crippen LogP contribution in [0, 0.1) is 5.92 Å². The van der Waals surface area contributed by atoms with Crippen molar-refractivity contribution in [1.82, 2.24) is 5.32 Å². The lowest BCUT2D eigenvalue weighted by Gasteiger charge is -2.18. The maximum Gasteiger partial charge on any atom is 0.234 e. The zero-order valence-corrected chi connectivity index (χ0v) is 10.5. The predicted octanol–water partition coefficient (Wildman–Crippen LogP) is 1.87. The smallest absolute Gasteiger partial charge is 0.234 e. The summed E-state index contributed by atoms with van der Waals surface area (Å²) in [6.45, 7) is 2.80. The van der Waals surface area contributed by atoms with Crippen molar-refractivity contribution in [1.29, 1.82) is 0 Å². The Morgan fingerprint density at radius 1 is 1.41 bits per heavy atom. The van der Waals surface area contributed by atoms with Crippen molar-refractivity contribution < 1.29 is 4.79 Å². The molecule has 0 radical (unpaired) electrons. The Morgan fingerprint density at radius 3 is 2.88 bits per heavy atom. The summed E-state index contributed by atoms with van der Waals surface area (Å²) in [5.41, 5.74) is 1.26. The molecule has 3 nitrogen and oxygen atoms in total. The summed E-state index contributed by atoms with van der Waals surface area (Å²) in [6, 6.07) is 10.4. The van der Waals surface area contributed by atoms with Crippen LogP contribution in [-0.2, 0) is 4.79 Å². The number of anilines is 1. The third-order valence-electron chi connectivity index (χ3n) is 3.12. The van der Waals surface area contributed by atoms with Gasteiger partial charge in [0.2, 0.25) is 5.91 Å². The number of hydrogen-bond acceptors (Lipinski definition) is 2. The van der Waals surface area contributed by atoms with Crippen LogP contribution in [0.5, 0.6) is 0 Å². The number of alkyl halides is 1. The number of halogens is 1. The average molecular weight is 253 g/mol. The molecule has 1 amide bonds. The minimum atomic E-state index is -0.0789. The lowest BCUT2D eigenvalue weighted by Crippen LogP contribution is -2.31. The van der Waals surface area contributed by atoms with Crippen LogP contribution in [0.3, 0.4) is 0 Å². The summed E-state index contributed by atoms with van der Waals surface area (Å²) < 4.78 is 0. The van der Waals surface area contributed by atoms with Crippen molar-refractivity contribution in [2.45, 2.75) is 6.42 Å². The first-order chi connectivity index (χ1) is 8.29. The largest absolute Gasteiger partial charge is 0.371 e. The van der Waals surface area contributed by atoms with Gasteiger partial charge in [-0.25, -0.2) is 0 Å². The molecule has 0 aliphatic carbocycles. The van der Waals surface area contributed by atoms with E-state index in [9.17, 15) is 4.79 Å². The zero-order valence-electron chi connectivity index (χ0n) is 9.73. The summed E-state index contributed by atoms with van der Waals surface area (Å²) in [5.74, 6) is 0.502. The van der Waals surface area contributed by atoms with Crippen LogP contribution in [0.25, 0.3) is 0 Å². The van der Waals surface area contributed by atoms with Crippen molar-refractivity contribution in [2.75, 3.05) is 30.4 Å². The van der Waals surface area contributed by atoms with Crippen LogP contribution in [-0.4, -0.2) is 31.4 Å². The first-order valence-corrected chi connectivity index (χ1v) is 6.45. The molecule has 1 aliphatic heterocycles. The number of carbonyl (C=O) groups is 1. The predicted molar refractivity (Wildman–Crippen MR) is 70.5 cm³/mol. The highest BCUT2D eigenvalue weighted by Crippen LogP contribution is 2.22. The summed E-state index contributed by atoms with van der Waals surface area (Å²) in [6.07, 6.45) is 1.12. The van der Waals surface area contributed by atoms with Crippen LogP contribution in [0.1, 0.15) is 6.42 Å². The van der Waals surface area contributed by atoms with Gasteiger partial charge in [-0.1, -0.05) is 18.2 Å². The summed E-state index contributed by atoms with van der Waals surface area (Å²) in [4.78, 5) is 13.4. The highest BCUT2D eigenvalue weighted by atomic mass is 35.5. The molecule has 1 N–H and O–H groups in total. The third-order valence-corrected chi connectivity index (χ3v) is 3.36. The van der Waals surface area contributed by atoms with E-state index in [1.54, 1.807) is 0 Å². The van der Waals surface area contributed by atoms with E-state index in [-0.39, 0.29) is 11.8 Å². The van der Waals surface area contributed by atoms with Gasteiger partial charge in [-0.3, -0.25) is 4.79 Å². The van der Waals surface area contributed by atoms with Crippen LogP contribution in [0.15, 0.2) is 30.3 Å². The molecule has 0 bridgehead atoms. The molecular formula is C13H17ClN2O. The van der Waals surface area contributed by atoms with Gasteiger partial charge in [0.25, 0.3) is 0 Å². The molecule has 1 fully saturated rings. The second-order valence-corrected chi connectivity index (χ2v) is 4.64. The Morgan fingerprint density at radius 2 is 2.18 bits per heavy atom. The van der Waals surface area contributed by atoms with Gasteiger partial charge in [-0.05, 0) is 24.5 Å². The van der Waals surface area contributed by atoms with Crippen molar-refractivity contribution in [3.05, 3.63) is 30.3 Å². The van der Waals surface area contributed by atoms with E-state index in [4.69, 9.17) is 11.6 Å². The molecule has 0 spiro atoms. The molecule has 1 heterocycles. The molecule has 2 rings (SSSR count). The third kappa shape index (κ3) is 3.37. The van der Waals surface area contributed by atoms with Crippen LogP contribution in [0.4, 0.5) is 5.69 Å². The van der Waals surface area contributed by atoms with Gasteiger partial charge >= 0.3 is 0 Å². The van der Waals surface area contributed by atoms with E-state index in [1.165, 1.54) is 5.69 Å². The second kappa shape index (κ2) is 5.92. The van der Waals surface area contributed by atoms with Gasteiger partial charge in [0.1, 0.15) is 5.88 Å². The normalized spacial score (nSPS) is 19.4. The van der Waals surface area contributed by atoms with Gasteiger partial charge < -0.3 is 10.2 Å². The lowest BCUT2D eigenvalue weighted by molar-refractivity contribution is -0.118. The number of carbonyl (C=O) groups excluding carboxylic acids is 1. The number of para-hydroxylation sites is 1. The summed E-state index contributed by atoms with van der Waals surface area (Å²) in [5, 5.41) is 2.85. The minimum Gasteiger partial charge on any atom is -0.371 e. The van der Waals surface area contributed by atoms with Crippen molar-refractivity contribution in [3.8, 4) is 0 Å². The highest BCUT2D eigenvalue weighted by Gasteiger charge is 2.22. The fourth-order valence-corrected chi connectivity index (χ4v) is 2.27. The minimum absolute atomic E-state index is 0.0507. The van der Waals surface area contributed by atoms with Gasteiger partial charge in [0.05, 0.1) is 0 Å². The van der Waals surface area contributed by atoms with Crippen molar-refractivity contribution >= 4 is 23.2 Å². The van der Waals surface area contributed by atoms with E-state index in [1.807, 2.05) is 6.07 Å². The lowest BCUT2D eigenvalue weighted by atomic mass is 10.1. The second-order valence-electron chi connectivity index (χ2n) is 4.37. The number of rotatable bonds is 4. The SMILES string of the molecule is O=C(CCl)NC[C@@H]1CCN(c2ccccc2)C1. The molecule has 0 unspecified atom stereocenters. The van der Waals surface area contributed by atoms with E-state index in [0.717, 1.165) is 26.1 Å². The first kappa shape index (κ1) is 12.2. The van der Waals surface area contributed by atoms with E-state index in [0.29, 0.717) is 5.92 Å². The van der Waals surface area contributed by atoms with Gasteiger partial charge in [0.15, 0.2) is 0 Å². The molecule has 0 saturated carbocycles. The van der Waals surface area contributed by atoms with Gasteiger partial charge in [-0.2, -0.15) is 0 Å². The maximum atomic E-state index is 11.1. The maximum absolute atomic E-state index is 11.1. The molecule has 1 atom stereocenters. The van der Waals surface area contributed by atoms with E-state index >= 15 is 0 Å². The Hall–Kier alpha value is -1.22. The highest BCUT2D eigenvalue weighted by molar-refractivity contribution is 6.27. The molecule has 17 heavy (non-hydrogen) atoms. The average Bonchev–Trinajstić information content (AvgIpc) is 2.86. The molecule has 0 aromatic heterocycles. The molecule has 4 heteroatoms. The zero-order chi connectivity index (χ0) is 12.1. The first-order valence-electron chi connectivity index (χ1n) is 5.92. The molecule has 1 aromatic carbocycles. The number of amides is 1. The topological polar surface area (TPSA) is 32.3 Å². The van der Waals surface area contributed by atoms with Gasteiger partial charge in [0, 0.05) is 25.3 Å². The van der Waals surface area contributed by atoms with E-state index in [2.05, 4.69) is 34.5 Å². The number of benzene rings is 1. The Balaban J connectivity index is 1.82. The van der Waals surface area contributed by atoms with Crippen LogP contribution >= 0.6 is 11.6 Å². The standard InChI is InChI=1S/C13H17ClN2O/c14-8-13(17)15-9-11-6-7-16(10-11)12-4-2-1-3-5-12/h1-5,11H,6-10H2,(H,15,17)/t11-/m0/s1. The van der Waals surface area contributed by atoms with Crippen LogP contribution in [0.2, 0.25) is 0 Å². The van der Waals surface area contributed by atoms with E-state index < -0.39 is 0 Å². The summed E-state index contributed by atoms with van der Waals surface area (Å²) in [7, 11) is 0. The molecular weight excluding hydrogens is 236 g/mol. The molecule has 1 aromatic rings. The number of nitrogens with zero attached hydrogens (tertiary/aromatic N) is 1. The Kier molecular flexibility index (Phi) is 4.26. The fourth-order valence-electron chi connectivity index (χ4n) is 2.18. The van der Waals surface area contributed by atoms with Crippen molar-refractivity contribution in [3.63, 3.8) is 0 Å². The quantitative estimate of drug-likeness (QED) is 0.830. The number of nitrogens with one attached hydrogen (secondary N) is 1. The van der Waals surface area contributed by atoms with Gasteiger partial charge in [-0.15, -0.1) is 11.6 Å². The fraction of sp³-hybridized carbons (Fsp3) is 0.462. The van der Waals surface area contributed by atoms with Crippen molar-refractivity contribution in [2.24, 2.45) is 5.92 Å². The molecule has 1 aliphatic rings. The Labute approximate surface area is 107 Å². The van der Waals surface area contributed by atoms with Crippen LogP contribution < -0.4 is 10.2 Å². The molecule has 92 valence electrons. The number of hydrogen-bond donors (Lipinski definition) is 1. The summed E-state index contributed by atoms with van der Waals surface area (Å²) >= 11 is 5.44. The monoisotopic (exact) mass is 252 g/mol.